The number of nitrogens with zero attached hydrogens (tertiary/aromatic N) is 4. The zero-order chi connectivity index (χ0) is 22.0. The molecular formula is C22H28N4O2S2. The molecule has 2 saturated heterocycles. The van der Waals surface area contributed by atoms with Gasteiger partial charge in [-0.15, -0.1) is 0 Å². The van der Waals surface area contributed by atoms with Gasteiger partial charge in [-0.05, 0) is 50.7 Å². The summed E-state index contributed by atoms with van der Waals surface area (Å²) in [6.45, 7) is 10.7. The molecule has 1 amide bonds. The first-order valence-corrected chi connectivity index (χ1v) is 11.7. The highest BCUT2D eigenvalue weighted by molar-refractivity contribution is 8.26. The van der Waals surface area contributed by atoms with Gasteiger partial charge in [0.05, 0.1) is 4.91 Å². The van der Waals surface area contributed by atoms with Gasteiger partial charge in [-0.1, -0.05) is 37.8 Å². The lowest BCUT2D eigenvalue weighted by molar-refractivity contribution is -0.121. The van der Waals surface area contributed by atoms with Crippen LogP contribution in [0, 0.1) is 24.2 Å². The van der Waals surface area contributed by atoms with Crippen LogP contribution in [-0.2, 0) is 11.3 Å². The number of nitriles is 1. The van der Waals surface area contributed by atoms with E-state index in [0.717, 1.165) is 43.7 Å². The van der Waals surface area contributed by atoms with Crippen LogP contribution in [0.5, 0.6) is 0 Å². The van der Waals surface area contributed by atoms with E-state index in [2.05, 4.69) is 17.9 Å². The molecule has 160 valence electrons. The molecule has 1 atom stereocenters. The molecule has 2 aliphatic heterocycles. The fourth-order valence-electron chi connectivity index (χ4n) is 4.20. The summed E-state index contributed by atoms with van der Waals surface area (Å²) in [4.78, 5) is 30.4. The Hall–Kier alpha value is -2.11. The maximum atomic E-state index is 13.2. The maximum Gasteiger partial charge on any atom is 0.270 e. The monoisotopic (exact) mass is 444 g/mol. The fourth-order valence-corrected chi connectivity index (χ4v) is 5.57. The first kappa shape index (κ1) is 22.6. The lowest BCUT2D eigenvalue weighted by Crippen LogP contribution is -2.40. The molecule has 1 unspecified atom stereocenters. The van der Waals surface area contributed by atoms with Gasteiger partial charge < -0.3 is 4.90 Å². The van der Waals surface area contributed by atoms with Gasteiger partial charge in [-0.2, -0.15) is 5.26 Å². The number of thioether (sulfide) groups is 1. The van der Waals surface area contributed by atoms with Gasteiger partial charge in [-0.3, -0.25) is 19.1 Å². The topological polar surface area (TPSA) is 69.3 Å². The van der Waals surface area contributed by atoms with Crippen molar-refractivity contribution < 1.29 is 4.79 Å². The van der Waals surface area contributed by atoms with Crippen LogP contribution in [0.2, 0.25) is 0 Å². The highest BCUT2D eigenvalue weighted by atomic mass is 32.2. The number of carbonyl (C=O) groups excluding carboxylic acids is 1. The van der Waals surface area contributed by atoms with Crippen LogP contribution in [-0.4, -0.2) is 39.3 Å². The van der Waals surface area contributed by atoms with E-state index < -0.39 is 0 Å². The lowest BCUT2D eigenvalue weighted by atomic mass is 9.98. The van der Waals surface area contributed by atoms with Crippen molar-refractivity contribution in [3.63, 3.8) is 0 Å². The molecule has 6 nitrogen and oxygen atoms in total. The number of carbonyl (C=O) groups is 1. The summed E-state index contributed by atoms with van der Waals surface area (Å²) in [5, 5.41) is 9.70. The molecule has 30 heavy (non-hydrogen) atoms. The fraction of sp³-hybridized carbons (Fsp3) is 0.545. The predicted octanol–water partition coefficient (Wildman–Crippen LogP) is 3.90. The summed E-state index contributed by atoms with van der Waals surface area (Å²) in [5.41, 5.74) is 1.31. The maximum absolute atomic E-state index is 13.2. The van der Waals surface area contributed by atoms with E-state index >= 15 is 0 Å². The molecule has 0 radical (unpaired) electrons. The number of aromatic nitrogens is 1. The second-order valence-electron chi connectivity index (χ2n) is 7.93. The minimum atomic E-state index is -0.247. The van der Waals surface area contributed by atoms with E-state index in [-0.39, 0.29) is 17.0 Å². The van der Waals surface area contributed by atoms with Crippen molar-refractivity contribution in [3.8, 4) is 6.07 Å². The average Bonchev–Trinajstić information content (AvgIpc) is 2.98. The summed E-state index contributed by atoms with van der Waals surface area (Å²) >= 11 is 6.65. The third-order valence-electron chi connectivity index (χ3n) is 5.72. The van der Waals surface area contributed by atoms with Crippen LogP contribution in [0.15, 0.2) is 9.70 Å². The summed E-state index contributed by atoms with van der Waals surface area (Å²) < 4.78 is 2.28. The summed E-state index contributed by atoms with van der Waals surface area (Å²) in [6, 6.07) is 2.10. The number of thiocarbonyl (C=S) groups is 1. The lowest BCUT2D eigenvalue weighted by Gasteiger charge is -2.36. The first-order valence-electron chi connectivity index (χ1n) is 10.5. The van der Waals surface area contributed by atoms with Crippen molar-refractivity contribution in [1.29, 1.82) is 5.26 Å². The molecule has 0 aromatic carbocycles. The summed E-state index contributed by atoms with van der Waals surface area (Å²) in [5.74, 6) is 1.23. The Morgan fingerprint density at radius 3 is 2.63 bits per heavy atom. The second-order valence-corrected chi connectivity index (χ2v) is 9.60. The van der Waals surface area contributed by atoms with E-state index in [4.69, 9.17) is 12.2 Å². The van der Waals surface area contributed by atoms with Crippen molar-refractivity contribution in [2.24, 2.45) is 5.92 Å². The van der Waals surface area contributed by atoms with Crippen LogP contribution in [0.25, 0.3) is 6.08 Å². The molecule has 0 spiro atoms. The molecule has 1 aromatic heterocycles. The van der Waals surface area contributed by atoms with E-state index in [0.29, 0.717) is 33.8 Å². The molecule has 2 fully saturated rings. The van der Waals surface area contributed by atoms with Crippen molar-refractivity contribution in [2.75, 3.05) is 24.5 Å². The van der Waals surface area contributed by atoms with Crippen molar-refractivity contribution in [3.05, 3.63) is 31.9 Å². The second kappa shape index (κ2) is 9.36. The normalized spacial score (nSPS) is 20.9. The quantitative estimate of drug-likeness (QED) is 0.507. The highest BCUT2D eigenvalue weighted by Gasteiger charge is 2.32. The molecule has 0 aliphatic carbocycles. The third kappa shape index (κ3) is 4.06. The zero-order valence-electron chi connectivity index (χ0n) is 18.0. The molecule has 2 aliphatic rings. The van der Waals surface area contributed by atoms with Gasteiger partial charge >= 0.3 is 0 Å². The zero-order valence-corrected chi connectivity index (χ0v) is 19.7. The molecule has 8 heteroatoms. The van der Waals surface area contributed by atoms with Crippen LogP contribution >= 0.6 is 24.0 Å². The molecule has 1 aromatic rings. The number of pyridine rings is 1. The van der Waals surface area contributed by atoms with Gasteiger partial charge in [0, 0.05) is 31.7 Å². The van der Waals surface area contributed by atoms with E-state index in [1.54, 1.807) is 16.4 Å². The third-order valence-corrected chi connectivity index (χ3v) is 7.09. The molecule has 3 heterocycles. The van der Waals surface area contributed by atoms with Gasteiger partial charge in [0.2, 0.25) is 0 Å². The first-order chi connectivity index (χ1) is 14.3. The van der Waals surface area contributed by atoms with Gasteiger partial charge in [0.1, 0.15) is 21.8 Å². The average molecular weight is 445 g/mol. The van der Waals surface area contributed by atoms with Crippen molar-refractivity contribution in [2.45, 2.75) is 53.5 Å². The molecular weight excluding hydrogens is 416 g/mol. The summed E-state index contributed by atoms with van der Waals surface area (Å²) in [6.07, 6.45) is 4.83. The Kier molecular flexibility index (Phi) is 7.04. The minimum Gasteiger partial charge on any atom is -0.357 e. The Labute approximate surface area is 187 Å². The van der Waals surface area contributed by atoms with Gasteiger partial charge in [0.15, 0.2) is 0 Å². The molecule has 0 saturated carbocycles. The number of amides is 1. The number of likely N-dealkylation sites (N-methyl/N-ethyl adjacent to an activating group) is 1. The van der Waals surface area contributed by atoms with Gasteiger partial charge in [-0.25, -0.2) is 0 Å². The van der Waals surface area contributed by atoms with Crippen LogP contribution in [0.4, 0.5) is 5.82 Å². The largest absolute Gasteiger partial charge is 0.357 e. The van der Waals surface area contributed by atoms with Crippen LogP contribution in [0.3, 0.4) is 0 Å². The number of rotatable bonds is 5. The van der Waals surface area contributed by atoms with Gasteiger partial charge in [0.25, 0.3) is 11.5 Å². The Balaban J connectivity index is 2.27. The van der Waals surface area contributed by atoms with Crippen molar-refractivity contribution >= 4 is 46.1 Å². The number of piperidine rings is 1. The van der Waals surface area contributed by atoms with E-state index in [1.807, 2.05) is 19.9 Å². The molecule has 0 bridgehead atoms. The predicted molar refractivity (Wildman–Crippen MR) is 127 cm³/mol. The smallest absolute Gasteiger partial charge is 0.270 e. The van der Waals surface area contributed by atoms with E-state index in [9.17, 15) is 14.9 Å². The Morgan fingerprint density at radius 2 is 2.07 bits per heavy atom. The van der Waals surface area contributed by atoms with E-state index in [1.165, 1.54) is 11.8 Å². The number of hydrogen-bond acceptors (Lipinski definition) is 6. The minimum absolute atomic E-state index is 0.114. The number of hydrogen-bond donors (Lipinski definition) is 0. The Morgan fingerprint density at radius 1 is 1.33 bits per heavy atom. The standard InChI is InChI=1S/C22H28N4O2S2/c1-5-9-26-19(24-10-7-8-14(3)13-24)16(15(4)17(12-23)20(26)27)11-18-21(28)25(6-2)22(29)30-18/h11,14H,5-10,13H2,1-4H3. The molecule has 3 rings (SSSR count). The highest BCUT2D eigenvalue weighted by Crippen LogP contribution is 2.36. The SMILES string of the molecule is CCCn1c(N2CCCC(C)C2)c(C=C2SC(=S)N(CC)C2=O)c(C)c(C#N)c1=O. The van der Waals surface area contributed by atoms with Crippen LogP contribution < -0.4 is 10.5 Å². The van der Waals surface area contributed by atoms with Crippen LogP contribution in [0.1, 0.15) is 56.7 Å². The van der Waals surface area contributed by atoms with Crippen molar-refractivity contribution in [1.82, 2.24) is 9.47 Å². The number of anilines is 1. The Bertz CT molecular complexity index is 1010. The molecule has 0 N–H and O–H groups in total. The summed E-state index contributed by atoms with van der Waals surface area (Å²) in [7, 11) is 0.